The minimum Gasteiger partial charge on any atom is -0.480 e. The second kappa shape index (κ2) is 9.85. The zero-order valence-corrected chi connectivity index (χ0v) is 19.7. The van der Waals surface area contributed by atoms with Gasteiger partial charge in [0.25, 0.3) is 5.91 Å². The van der Waals surface area contributed by atoms with Gasteiger partial charge in [-0.15, -0.1) is 0 Å². The Morgan fingerprint density at radius 2 is 1.43 bits per heavy atom. The van der Waals surface area contributed by atoms with Crippen molar-refractivity contribution in [3.8, 4) is 5.75 Å². The quantitative estimate of drug-likeness (QED) is 0.328. The molecule has 0 spiro atoms. The molecule has 1 atom stereocenters. The lowest BCUT2D eigenvalue weighted by Crippen LogP contribution is -2.35. The number of anilines is 5. The van der Waals surface area contributed by atoms with Crippen LogP contribution in [0.4, 0.5) is 28.7 Å². The molecule has 3 N–H and O–H groups in total. The molecule has 35 heavy (non-hydrogen) atoms. The number of aromatic nitrogens is 2. The molecule has 7 heteroatoms. The Morgan fingerprint density at radius 3 is 2.11 bits per heavy atom. The van der Waals surface area contributed by atoms with E-state index in [2.05, 4.69) is 45.0 Å². The Balaban J connectivity index is 1.21. The van der Waals surface area contributed by atoms with Gasteiger partial charge in [0.2, 0.25) is 0 Å². The van der Waals surface area contributed by atoms with Crippen molar-refractivity contribution in [2.45, 2.75) is 32.8 Å². The van der Waals surface area contributed by atoms with E-state index in [0.717, 1.165) is 29.1 Å². The SMILES string of the molecule is Cc1ccc(Nc2cc(Nc3ccc(NC(=O)C4CCc5ccccc5O4)cc3)nc(C)n2)cc1. The molecular formula is C28H27N5O2. The number of para-hydroxylation sites is 1. The third-order valence-corrected chi connectivity index (χ3v) is 5.80. The van der Waals surface area contributed by atoms with Gasteiger partial charge in [0.05, 0.1) is 0 Å². The van der Waals surface area contributed by atoms with Crippen LogP contribution in [-0.2, 0) is 11.2 Å². The minimum absolute atomic E-state index is 0.140. The van der Waals surface area contributed by atoms with Gasteiger partial charge in [0.1, 0.15) is 23.2 Å². The molecule has 3 aromatic carbocycles. The summed E-state index contributed by atoms with van der Waals surface area (Å²) in [6, 6.07) is 25.4. The lowest BCUT2D eigenvalue weighted by molar-refractivity contribution is -0.123. The fourth-order valence-electron chi connectivity index (χ4n) is 4.00. The summed E-state index contributed by atoms with van der Waals surface area (Å²) < 4.78 is 5.89. The highest BCUT2D eigenvalue weighted by atomic mass is 16.5. The van der Waals surface area contributed by atoms with E-state index in [1.54, 1.807) is 0 Å². The second-order valence-electron chi connectivity index (χ2n) is 8.62. The van der Waals surface area contributed by atoms with Gasteiger partial charge < -0.3 is 20.7 Å². The number of carbonyl (C=O) groups is 1. The number of amides is 1. The van der Waals surface area contributed by atoms with Crippen molar-refractivity contribution < 1.29 is 9.53 Å². The van der Waals surface area contributed by atoms with Crippen LogP contribution in [0.5, 0.6) is 5.75 Å². The molecule has 7 nitrogen and oxygen atoms in total. The molecule has 0 radical (unpaired) electrons. The van der Waals surface area contributed by atoms with E-state index in [4.69, 9.17) is 4.74 Å². The maximum Gasteiger partial charge on any atom is 0.265 e. The Morgan fingerprint density at radius 1 is 0.829 bits per heavy atom. The van der Waals surface area contributed by atoms with Crippen LogP contribution >= 0.6 is 0 Å². The van der Waals surface area contributed by atoms with Crippen LogP contribution in [0, 0.1) is 13.8 Å². The van der Waals surface area contributed by atoms with Gasteiger partial charge in [-0.25, -0.2) is 9.97 Å². The first kappa shape index (κ1) is 22.4. The first-order chi connectivity index (χ1) is 17.0. The maximum absolute atomic E-state index is 12.7. The van der Waals surface area contributed by atoms with Crippen molar-refractivity contribution in [2.75, 3.05) is 16.0 Å². The summed E-state index contributed by atoms with van der Waals surface area (Å²) in [5, 5.41) is 9.58. The average molecular weight is 466 g/mol. The summed E-state index contributed by atoms with van der Waals surface area (Å²) in [6.07, 6.45) is 0.996. The molecule has 4 aromatic rings. The molecule has 1 amide bonds. The van der Waals surface area contributed by atoms with E-state index in [-0.39, 0.29) is 5.91 Å². The lowest BCUT2D eigenvalue weighted by Gasteiger charge is -2.25. The molecule has 0 saturated heterocycles. The van der Waals surface area contributed by atoms with E-state index in [9.17, 15) is 4.79 Å². The third kappa shape index (κ3) is 5.58. The number of fused-ring (bicyclic) bond motifs is 1. The number of carbonyl (C=O) groups excluding carboxylic acids is 1. The topological polar surface area (TPSA) is 88.2 Å². The number of benzene rings is 3. The monoisotopic (exact) mass is 465 g/mol. The molecule has 5 rings (SSSR count). The van der Waals surface area contributed by atoms with Crippen molar-refractivity contribution in [1.82, 2.24) is 9.97 Å². The van der Waals surface area contributed by atoms with Crippen molar-refractivity contribution in [1.29, 1.82) is 0 Å². The number of hydrogen-bond acceptors (Lipinski definition) is 6. The Kier molecular flexibility index (Phi) is 6.30. The number of nitrogens with one attached hydrogen (secondary N) is 3. The van der Waals surface area contributed by atoms with E-state index >= 15 is 0 Å². The fourth-order valence-corrected chi connectivity index (χ4v) is 4.00. The van der Waals surface area contributed by atoms with Gasteiger partial charge in [-0.05, 0) is 74.7 Å². The number of hydrogen-bond donors (Lipinski definition) is 3. The van der Waals surface area contributed by atoms with Crippen molar-refractivity contribution in [3.63, 3.8) is 0 Å². The van der Waals surface area contributed by atoms with Crippen LogP contribution in [0.25, 0.3) is 0 Å². The number of aryl methyl sites for hydroxylation is 3. The molecule has 0 bridgehead atoms. The molecule has 1 unspecified atom stereocenters. The zero-order chi connectivity index (χ0) is 24.2. The minimum atomic E-state index is -0.494. The van der Waals surface area contributed by atoms with Crippen LogP contribution in [0.15, 0.2) is 78.9 Å². The molecule has 0 fully saturated rings. The molecule has 0 aliphatic carbocycles. The standard InChI is InChI=1S/C28H27N5O2/c1-18-7-10-21(11-8-18)31-26-17-27(30-19(2)29-26)32-22-12-14-23(15-13-22)33-28(34)25-16-9-20-5-3-4-6-24(20)35-25/h3-8,10-15,17,25H,9,16H2,1-2H3,(H,33,34)(H2,29,30,31,32). The molecule has 1 aliphatic rings. The Labute approximate surface area is 204 Å². The van der Waals surface area contributed by atoms with Crippen LogP contribution in [0.2, 0.25) is 0 Å². The summed E-state index contributed by atoms with van der Waals surface area (Å²) in [5.74, 6) is 2.69. The summed E-state index contributed by atoms with van der Waals surface area (Å²) in [5.41, 5.74) is 4.87. The third-order valence-electron chi connectivity index (χ3n) is 5.80. The Hall–Kier alpha value is -4.39. The predicted molar refractivity (Wildman–Crippen MR) is 139 cm³/mol. The van der Waals surface area contributed by atoms with Gasteiger partial charge in [-0.3, -0.25) is 4.79 Å². The van der Waals surface area contributed by atoms with Crippen LogP contribution in [-0.4, -0.2) is 22.0 Å². The first-order valence-electron chi connectivity index (χ1n) is 11.6. The van der Waals surface area contributed by atoms with Crippen LogP contribution < -0.4 is 20.7 Å². The van der Waals surface area contributed by atoms with E-state index in [1.807, 2.05) is 73.7 Å². The van der Waals surface area contributed by atoms with Gasteiger partial charge in [0, 0.05) is 23.1 Å². The molecule has 1 aliphatic heterocycles. The maximum atomic E-state index is 12.7. The van der Waals surface area contributed by atoms with Crippen LogP contribution in [0.3, 0.4) is 0 Å². The normalized spacial score (nSPS) is 14.4. The van der Waals surface area contributed by atoms with Crippen molar-refractivity contribution >= 4 is 34.6 Å². The Bertz CT molecular complexity index is 1340. The fraction of sp³-hybridized carbons (Fsp3) is 0.179. The van der Waals surface area contributed by atoms with Gasteiger partial charge in [-0.2, -0.15) is 0 Å². The first-order valence-corrected chi connectivity index (χ1v) is 11.6. The highest BCUT2D eigenvalue weighted by Gasteiger charge is 2.25. The number of rotatable bonds is 6. The summed E-state index contributed by atoms with van der Waals surface area (Å²) in [4.78, 5) is 21.7. The zero-order valence-electron chi connectivity index (χ0n) is 19.7. The lowest BCUT2D eigenvalue weighted by atomic mass is 10.0. The van der Waals surface area contributed by atoms with E-state index in [0.29, 0.717) is 29.6 Å². The van der Waals surface area contributed by atoms with Gasteiger partial charge >= 0.3 is 0 Å². The average Bonchev–Trinajstić information content (AvgIpc) is 2.86. The highest BCUT2D eigenvalue weighted by molar-refractivity contribution is 5.94. The number of nitrogens with zero attached hydrogens (tertiary/aromatic N) is 2. The van der Waals surface area contributed by atoms with E-state index in [1.165, 1.54) is 5.56 Å². The van der Waals surface area contributed by atoms with Crippen LogP contribution in [0.1, 0.15) is 23.4 Å². The predicted octanol–water partition coefficient (Wildman–Crippen LogP) is 5.91. The molecule has 0 saturated carbocycles. The van der Waals surface area contributed by atoms with Gasteiger partial charge in [0.15, 0.2) is 6.10 Å². The van der Waals surface area contributed by atoms with Crippen molar-refractivity contribution in [3.05, 3.63) is 95.8 Å². The molecule has 2 heterocycles. The molecule has 1 aromatic heterocycles. The second-order valence-corrected chi connectivity index (χ2v) is 8.62. The number of ether oxygens (including phenoxy) is 1. The summed E-state index contributed by atoms with van der Waals surface area (Å²) >= 11 is 0. The highest BCUT2D eigenvalue weighted by Crippen LogP contribution is 2.28. The van der Waals surface area contributed by atoms with E-state index < -0.39 is 6.10 Å². The smallest absolute Gasteiger partial charge is 0.265 e. The van der Waals surface area contributed by atoms with Crippen molar-refractivity contribution in [2.24, 2.45) is 0 Å². The summed E-state index contributed by atoms with van der Waals surface area (Å²) in [6.45, 7) is 3.91. The molecular weight excluding hydrogens is 438 g/mol. The largest absolute Gasteiger partial charge is 0.480 e. The van der Waals surface area contributed by atoms with Gasteiger partial charge in [-0.1, -0.05) is 35.9 Å². The summed E-state index contributed by atoms with van der Waals surface area (Å²) in [7, 11) is 0. The molecule has 176 valence electrons.